The van der Waals surface area contributed by atoms with Crippen molar-refractivity contribution in [3.8, 4) is 0 Å². The molecule has 2 aromatic rings. The van der Waals surface area contributed by atoms with E-state index in [1.54, 1.807) is 11.3 Å². The molecular formula is C14H18N2O2S3. The van der Waals surface area contributed by atoms with E-state index in [1.807, 2.05) is 23.8 Å². The van der Waals surface area contributed by atoms with E-state index in [2.05, 4.69) is 4.72 Å². The molecule has 1 unspecified atom stereocenters. The summed E-state index contributed by atoms with van der Waals surface area (Å²) in [6.07, 6.45) is 2.92. The molecular weight excluding hydrogens is 324 g/mol. The smallest absolute Gasteiger partial charge is 0.242 e. The topological polar surface area (TPSA) is 72.2 Å². The molecule has 1 aliphatic rings. The summed E-state index contributed by atoms with van der Waals surface area (Å²) in [5, 5.41) is 3.89. The number of sulfonamides is 1. The van der Waals surface area contributed by atoms with Crippen molar-refractivity contribution >= 4 is 32.7 Å². The lowest BCUT2D eigenvalue weighted by atomic mass is 9.95. The zero-order valence-electron chi connectivity index (χ0n) is 11.8. The van der Waals surface area contributed by atoms with Gasteiger partial charge in [0.25, 0.3) is 0 Å². The van der Waals surface area contributed by atoms with Crippen molar-refractivity contribution in [3.63, 3.8) is 0 Å². The van der Waals surface area contributed by atoms with Crippen LogP contribution in [0.5, 0.6) is 0 Å². The highest BCUT2D eigenvalue weighted by molar-refractivity contribution is 7.89. The minimum atomic E-state index is -3.53. The molecule has 7 heteroatoms. The lowest BCUT2D eigenvalue weighted by Crippen LogP contribution is -2.31. The van der Waals surface area contributed by atoms with Gasteiger partial charge in [0, 0.05) is 22.3 Å². The fraction of sp³-hybridized carbons (Fsp3) is 0.429. The maximum Gasteiger partial charge on any atom is 0.242 e. The second-order valence-corrected chi connectivity index (χ2v) is 8.86. The first-order valence-corrected chi connectivity index (χ1v) is 10.1. The first-order valence-electron chi connectivity index (χ1n) is 6.88. The van der Waals surface area contributed by atoms with Crippen LogP contribution in [0.1, 0.15) is 39.8 Å². The number of thiophene rings is 2. The van der Waals surface area contributed by atoms with E-state index in [9.17, 15) is 8.42 Å². The Kier molecular flexibility index (Phi) is 4.20. The number of fused-ring (bicyclic) bond motifs is 1. The summed E-state index contributed by atoms with van der Waals surface area (Å²) in [7, 11) is -3.53. The van der Waals surface area contributed by atoms with Gasteiger partial charge in [-0.15, -0.1) is 22.7 Å². The fourth-order valence-corrected chi connectivity index (χ4v) is 6.78. The van der Waals surface area contributed by atoms with Crippen molar-refractivity contribution in [2.45, 2.75) is 43.7 Å². The van der Waals surface area contributed by atoms with Crippen molar-refractivity contribution in [1.82, 2.24) is 4.72 Å². The van der Waals surface area contributed by atoms with Gasteiger partial charge in [-0.1, -0.05) is 0 Å². The first kappa shape index (κ1) is 15.2. The Balaban J connectivity index is 1.93. The second-order valence-electron chi connectivity index (χ2n) is 5.24. The number of rotatable bonds is 4. The molecule has 0 fully saturated rings. The molecule has 3 rings (SSSR count). The van der Waals surface area contributed by atoms with Crippen LogP contribution in [0.25, 0.3) is 0 Å². The van der Waals surface area contributed by atoms with Gasteiger partial charge < -0.3 is 5.73 Å². The zero-order chi connectivity index (χ0) is 15.0. The van der Waals surface area contributed by atoms with Crippen LogP contribution in [0.15, 0.2) is 21.7 Å². The molecule has 1 aliphatic carbocycles. The second kappa shape index (κ2) is 5.81. The van der Waals surface area contributed by atoms with Crippen molar-refractivity contribution in [3.05, 3.63) is 37.7 Å². The quantitative estimate of drug-likeness (QED) is 0.897. The molecule has 2 aromatic heterocycles. The van der Waals surface area contributed by atoms with Crippen LogP contribution in [0.3, 0.4) is 0 Å². The van der Waals surface area contributed by atoms with Gasteiger partial charge in [0.15, 0.2) is 0 Å². The highest BCUT2D eigenvalue weighted by Crippen LogP contribution is 2.35. The summed E-state index contributed by atoms with van der Waals surface area (Å²) in [6, 6.07) is 1.92. The Morgan fingerprint density at radius 1 is 1.43 bits per heavy atom. The maximum atomic E-state index is 12.7. The minimum Gasteiger partial charge on any atom is -0.326 e. The predicted octanol–water partition coefficient (Wildman–Crippen LogP) is 2.93. The van der Waals surface area contributed by atoms with Gasteiger partial charge in [-0.05, 0) is 54.1 Å². The van der Waals surface area contributed by atoms with Crippen LogP contribution in [-0.2, 0) is 23.0 Å². The molecule has 0 bridgehead atoms. The Morgan fingerprint density at radius 3 is 3.00 bits per heavy atom. The Labute approximate surface area is 133 Å². The third-order valence-electron chi connectivity index (χ3n) is 3.79. The standard InChI is InChI=1S/C14H18N2O2S3/c1-9-8-20-13(7-15)14(9)21(17,18)16-11-3-2-4-12-10(11)5-6-19-12/h5-6,8,11,16H,2-4,7,15H2,1H3. The van der Waals surface area contributed by atoms with E-state index in [4.69, 9.17) is 5.73 Å². The van der Waals surface area contributed by atoms with Gasteiger partial charge in [0.05, 0.1) is 0 Å². The third kappa shape index (κ3) is 2.80. The molecule has 0 saturated carbocycles. The SMILES string of the molecule is Cc1csc(CN)c1S(=O)(=O)NC1CCCc2sccc21. The summed E-state index contributed by atoms with van der Waals surface area (Å²) in [6.45, 7) is 2.07. The van der Waals surface area contributed by atoms with E-state index in [1.165, 1.54) is 16.2 Å². The maximum absolute atomic E-state index is 12.7. The van der Waals surface area contributed by atoms with Crippen molar-refractivity contribution < 1.29 is 8.42 Å². The van der Waals surface area contributed by atoms with Gasteiger partial charge in [-0.2, -0.15) is 0 Å². The highest BCUT2D eigenvalue weighted by atomic mass is 32.2. The fourth-order valence-electron chi connectivity index (χ4n) is 2.84. The Bertz CT molecular complexity index is 746. The molecule has 0 radical (unpaired) electrons. The normalized spacial score (nSPS) is 18.7. The number of aryl methyl sites for hydroxylation is 2. The number of hydrogen-bond donors (Lipinski definition) is 2. The van der Waals surface area contributed by atoms with Crippen LogP contribution in [0.2, 0.25) is 0 Å². The predicted molar refractivity (Wildman–Crippen MR) is 87.3 cm³/mol. The summed E-state index contributed by atoms with van der Waals surface area (Å²) in [4.78, 5) is 2.40. The van der Waals surface area contributed by atoms with Crippen LogP contribution in [-0.4, -0.2) is 8.42 Å². The molecule has 0 aromatic carbocycles. The van der Waals surface area contributed by atoms with Crippen LogP contribution >= 0.6 is 22.7 Å². The van der Waals surface area contributed by atoms with Crippen molar-refractivity contribution in [1.29, 1.82) is 0 Å². The summed E-state index contributed by atoms with van der Waals surface area (Å²) < 4.78 is 28.4. The molecule has 0 spiro atoms. The van der Waals surface area contributed by atoms with Gasteiger partial charge in [0.1, 0.15) is 4.90 Å². The molecule has 114 valence electrons. The molecule has 0 saturated heterocycles. The van der Waals surface area contributed by atoms with Crippen LogP contribution < -0.4 is 10.5 Å². The van der Waals surface area contributed by atoms with Crippen LogP contribution in [0, 0.1) is 6.92 Å². The Morgan fingerprint density at radius 2 is 2.24 bits per heavy atom. The molecule has 0 amide bonds. The van der Waals surface area contributed by atoms with Gasteiger partial charge >= 0.3 is 0 Å². The van der Waals surface area contributed by atoms with E-state index in [-0.39, 0.29) is 12.6 Å². The molecule has 4 nitrogen and oxygen atoms in total. The van der Waals surface area contributed by atoms with Crippen molar-refractivity contribution in [2.24, 2.45) is 5.73 Å². The summed E-state index contributed by atoms with van der Waals surface area (Å²) >= 11 is 3.12. The first-order chi connectivity index (χ1) is 10.0. The van der Waals surface area contributed by atoms with E-state index in [0.29, 0.717) is 4.90 Å². The monoisotopic (exact) mass is 342 g/mol. The van der Waals surface area contributed by atoms with E-state index in [0.717, 1.165) is 35.3 Å². The van der Waals surface area contributed by atoms with Gasteiger partial charge in [-0.25, -0.2) is 13.1 Å². The van der Waals surface area contributed by atoms with E-state index >= 15 is 0 Å². The zero-order valence-corrected chi connectivity index (χ0v) is 14.2. The lowest BCUT2D eigenvalue weighted by Gasteiger charge is -2.23. The third-order valence-corrected chi connectivity index (χ3v) is 7.75. The Hall–Kier alpha value is -0.730. The number of nitrogens with one attached hydrogen (secondary N) is 1. The average Bonchev–Trinajstić information content (AvgIpc) is 3.05. The van der Waals surface area contributed by atoms with Crippen LogP contribution in [0.4, 0.5) is 0 Å². The van der Waals surface area contributed by atoms with Gasteiger partial charge in [-0.3, -0.25) is 0 Å². The van der Waals surface area contributed by atoms with E-state index < -0.39 is 10.0 Å². The largest absolute Gasteiger partial charge is 0.326 e. The minimum absolute atomic E-state index is 0.116. The molecule has 21 heavy (non-hydrogen) atoms. The molecule has 1 atom stereocenters. The number of nitrogens with two attached hydrogens (primary N) is 1. The van der Waals surface area contributed by atoms with Gasteiger partial charge in [0.2, 0.25) is 10.0 Å². The molecule has 2 heterocycles. The number of hydrogen-bond acceptors (Lipinski definition) is 5. The molecule has 0 aliphatic heterocycles. The van der Waals surface area contributed by atoms with Crippen molar-refractivity contribution in [2.75, 3.05) is 0 Å². The molecule has 3 N–H and O–H groups in total. The lowest BCUT2D eigenvalue weighted by molar-refractivity contribution is 0.510. The summed E-state index contributed by atoms with van der Waals surface area (Å²) in [5.41, 5.74) is 7.58. The summed E-state index contributed by atoms with van der Waals surface area (Å²) in [5.74, 6) is 0. The average molecular weight is 343 g/mol. The highest BCUT2D eigenvalue weighted by Gasteiger charge is 2.29.